The van der Waals surface area contributed by atoms with Crippen LogP contribution in [0, 0.1) is 6.92 Å². The van der Waals surface area contributed by atoms with Crippen LogP contribution in [0.15, 0.2) is 52.4 Å². The fourth-order valence-electron chi connectivity index (χ4n) is 3.14. The fraction of sp³-hybridized carbons (Fsp3) is 0.333. The average Bonchev–Trinajstić information content (AvgIpc) is 2.79. The van der Waals surface area contributed by atoms with Crippen LogP contribution in [0.5, 0.6) is 0 Å². The van der Waals surface area contributed by atoms with E-state index in [1.165, 1.54) is 18.9 Å². The van der Waals surface area contributed by atoms with Crippen molar-refractivity contribution in [3.63, 3.8) is 0 Å². The van der Waals surface area contributed by atoms with Crippen LogP contribution in [0.2, 0.25) is 0 Å². The van der Waals surface area contributed by atoms with Gasteiger partial charge in [0, 0.05) is 12.2 Å². The molecule has 0 aliphatic rings. The standard InChI is InChI=1S/C24H27N3O4S/c1-5-6-13-27-22(29)19-12-9-17(23(30)31-4)14-20(19)26-24(27)32-16(3)21(28)25-18-10-7-15(2)8-11-18/h7-12,14,16H,5-6,13H2,1-4H3,(H,25,28)/t16-/m0/s1. The number of carbonyl (C=O) groups excluding carboxylic acids is 2. The minimum atomic E-state index is -0.496. The molecule has 8 heteroatoms. The maximum Gasteiger partial charge on any atom is 0.337 e. The molecule has 7 nitrogen and oxygen atoms in total. The molecule has 1 N–H and O–H groups in total. The quantitative estimate of drug-likeness (QED) is 0.309. The van der Waals surface area contributed by atoms with Gasteiger partial charge in [0.2, 0.25) is 5.91 Å². The highest BCUT2D eigenvalue weighted by Gasteiger charge is 2.20. The number of aryl methyl sites for hydroxylation is 1. The zero-order valence-corrected chi connectivity index (χ0v) is 19.5. The Balaban J connectivity index is 1.94. The molecule has 0 bridgehead atoms. The Morgan fingerprint density at radius 3 is 2.56 bits per heavy atom. The molecule has 1 atom stereocenters. The number of methoxy groups -OCH3 is 1. The van der Waals surface area contributed by atoms with Crippen molar-refractivity contribution in [2.24, 2.45) is 0 Å². The van der Waals surface area contributed by atoms with Gasteiger partial charge in [0.05, 0.1) is 28.8 Å². The number of carbonyl (C=O) groups is 2. The molecule has 0 fully saturated rings. The number of amides is 1. The van der Waals surface area contributed by atoms with Crippen molar-refractivity contribution < 1.29 is 14.3 Å². The fourth-order valence-corrected chi connectivity index (χ4v) is 4.08. The van der Waals surface area contributed by atoms with Crippen molar-refractivity contribution in [1.82, 2.24) is 9.55 Å². The van der Waals surface area contributed by atoms with Crippen molar-refractivity contribution in [3.8, 4) is 0 Å². The Hall–Kier alpha value is -3.13. The molecule has 1 aromatic heterocycles. The summed E-state index contributed by atoms with van der Waals surface area (Å²) in [6.45, 7) is 6.31. The molecule has 3 rings (SSSR count). The van der Waals surface area contributed by atoms with Gasteiger partial charge in [-0.3, -0.25) is 14.2 Å². The second-order valence-corrected chi connectivity index (χ2v) is 8.85. The van der Waals surface area contributed by atoms with E-state index in [2.05, 4.69) is 10.3 Å². The summed E-state index contributed by atoms with van der Waals surface area (Å²) in [6, 6.07) is 12.3. The van der Waals surface area contributed by atoms with Crippen LogP contribution in [-0.2, 0) is 16.1 Å². The van der Waals surface area contributed by atoms with Gasteiger partial charge in [-0.2, -0.15) is 0 Å². The van der Waals surface area contributed by atoms with Gasteiger partial charge in [-0.05, 0) is 50.6 Å². The first-order valence-electron chi connectivity index (χ1n) is 10.5. The third-order valence-electron chi connectivity index (χ3n) is 5.05. The van der Waals surface area contributed by atoms with Crippen molar-refractivity contribution in [2.75, 3.05) is 12.4 Å². The van der Waals surface area contributed by atoms with Gasteiger partial charge < -0.3 is 10.1 Å². The number of esters is 1. The maximum atomic E-state index is 13.2. The molecule has 0 spiro atoms. The number of ether oxygens (including phenoxy) is 1. The van der Waals surface area contributed by atoms with Crippen molar-refractivity contribution in [3.05, 3.63) is 63.9 Å². The summed E-state index contributed by atoms with van der Waals surface area (Å²) in [6.07, 6.45) is 1.73. The highest BCUT2D eigenvalue weighted by Crippen LogP contribution is 2.25. The predicted molar refractivity (Wildman–Crippen MR) is 127 cm³/mol. The van der Waals surface area contributed by atoms with Crippen LogP contribution in [0.1, 0.15) is 42.6 Å². The number of aromatic nitrogens is 2. The molecule has 0 unspecified atom stereocenters. The second-order valence-electron chi connectivity index (χ2n) is 7.54. The summed E-state index contributed by atoms with van der Waals surface area (Å²) in [7, 11) is 1.30. The van der Waals surface area contributed by atoms with Crippen LogP contribution in [0.25, 0.3) is 10.9 Å². The third-order valence-corrected chi connectivity index (χ3v) is 6.14. The van der Waals surface area contributed by atoms with Gasteiger partial charge in [-0.1, -0.05) is 42.8 Å². The van der Waals surface area contributed by atoms with Crippen LogP contribution in [-0.4, -0.2) is 33.8 Å². The predicted octanol–water partition coefficient (Wildman–Crippen LogP) is 4.41. The highest BCUT2D eigenvalue weighted by atomic mass is 32.2. The number of unbranched alkanes of at least 4 members (excludes halogenated alkanes) is 1. The lowest BCUT2D eigenvalue weighted by Gasteiger charge is -2.16. The van der Waals surface area contributed by atoms with E-state index in [0.717, 1.165) is 18.4 Å². The molecule has 1 amide bonds. The van der Waals surface area contributed by atoms with E-state index in [1.807, 2.05) is 38.1 Å². The number of fused-ring (bicyclic) bond motifs is 1. The molecular weight excluding hydrogens is 426 g/mol. The zero-order chi connectivity index (χ0) is 23.3. The smallest absolute Gasteiger partial charge is 0.337 e. The molecule has 0 aliphatic carbocycles. The van der Waals surface area contributed by atoms with E-state index in [-0.39, 0.29) is 11.5 Å². The van der Waals surface area contributed by atoms with Gasteiger partial charge >= 0.3 is 5.97 Å². The van der Waals surface area contributed by atoms with E-state index in [1.54, 1.807) is 29.7 Å². The summed E-state index contributed by atoms with van der Waals surface area (Å²) in [5.41, 5.74) is 2.36. The second kappa shape index (κ2) is 10.5. The number of anilines is 1. The molecule has 0 radical (unpaired) electrons. The van der Waals surface area contributed by atoms with Gasteiger partial charge in [0.15, 0.2) is 5.16 Å². The molecule has 32 heavy (non-hydrogen) atoms. The summed E-state index contributed by atoms with van der Waals surface area (Å²) in [5.74, 6) is -0.678. The van der Waals surface area contributed by atoms with E-state index < -0.39 is 11.2 Å². The molecule has 0 saturated carbocycles. The zero-order valence-electron chi connectivity index (χ0n) is 18.7. The first kappa shape index (κ1) is 23.5. The molecule has 3 aromatic rings. The van der Waals surface area contributed by atoms with Crippen molar-refractivity contribution in [1.29, 1.82) is 0 Å². The topological polar surface area (TPSA) is 90.3 Å². The van der Waals surface area contributed by atoms with Crippen LogP contribution >= 0.6 is 11.8 Å². The monoisotopic (exact) mass is 453 g/mol. The number of hydrogen-bond acceptors (Lipinski definition) is 6. The van der Waals surface area contributed by atoms with Crippen LogP contribution < -0.4 is 10.9 Å². The Morgan fingerprint density at radius 2 is 1.91 bits per heavy atom. The summed E-state index contributed by atoms with van der Waals surface area (Å²) >= 11 is 1.22. The lowest BCUT2D eigenvalue weighted by atomic mass is 10.1. The molecule has 0 aliphatic heterocycles. The average molecular weight is 454 g/mol. The van der Waals surface area contributed by atoms with Gasteiger partial charge in [0.25, 0.3) is 5.56 Å². The number of rotatable bonds is 8. The van der Waals surface area contributed by atoms with E-state index in [4.69, 9.17) is 4.74 Å². The maximum absolute atomic E-state index is 13.2. The largest absolute Gasteiger partial charge is 0.465 e. The van der Waals surface area contributed by atoms with Gasteiger partial charge in [0.1, 0.15) is 0 Å². The summed E-state index contributed by atoms with van der Waals surface area (Å²) in [5, 5.41) is 3.28. The Bertz CT molecular complexity index is 1190. The van der Waals surface area contributed by atoms with Crippen molar-refractivity contribution in [2.45, 2.75) is 50.6 Å². The number of nitrogens with one attached hydrogen (secondary N) is 1. The Morgan fingerprint density at radius 1 is 1.19 bits per heavy atom. The lowest BCUT2D eigenvalue weighted by molar-refractivity contribution is -0.115. The SMILES string of the molecule is CCCCn1c(S[C@@H](C)C(=O)Nc2ccc(C)cc2)nc2cc(C(=O)OC)ccc2c1=O. The van der Waals surface area contributed by atoms with E-state index in [0.29, 0.717) is 33.9 Å². The van der Waals surface area contributed by atoms with Gasteiger partial charge in [-0.15, -0.1) is 0 Å². The molecule has 168 valence electrons. The summed E-state index contributed by atoms with van der Waals surface area (Å²) in [4.78, 5) is 42.5. The molecule has 1 heterocycles. The normalized spacial score (nSPS) is 11.9. The molecule has 2 aromatic carbocycles. The highest BCUT2D eigenvalue weighted by molar-refractivity contribution is 8.00. The minimum absolute atomic E-state index is 0.182. The number of benzene rings is 2. The van der Waals surface area contributed by atoms with Gasteiger partial charge in [-0.25, -0.2) is 9.78 Å². The first-order chi connectivity index (χ1) is 15.3. The number of thioether (sulfide) groups is 1. The Kier molecular flexibility index (Phi) is 7.69. The Labute approximate surface area is 191 Å². The molecule has 0 saturated heterocycles. The number of hydrogen-bond donors (Lipinski definition) is 1. The third kappa shape index (κ3) is 5.37. The van der Waals surface area contributed by atoms with E-state index in [9.17, 15) is 14.4 Å². The van der Waals surface area contributed by atoms with Crippen molar-refractivity contribution >= 4 is 40.2 Å². The lowest BCUT2D eigenvalue weighted by Crippen LogP contribution is -2.27. The van der Waals surface area contributed by atoms with Crippen LogP contribution in [0.4, 0.5) is 5.69 Å². The minimum Gasteiger partial charge on any atom is -0.465 e. The van der Waals surface area contributed by atoms with E-state index >= 15 is 0 Å². The summed E-state index contributed by atoms with van der Waals surface area (Å²) < 4.78 is 6.39. The van der Waals surface area contributed by atoms with Crippen LogP contribution in [0.3, 0.4) is 0 Å². The molecular formula is C24H27N3O4S. The first-order valence-corrected chi connectivity index (χ1v) is 11.4. The number of nitrogens with zero attached hydrogens (tertiary/aromatic N) is 2.